The van der Waals surface area contributed by atoms with Crippen LogP contribution in [0.25, 0.3) is 5.65 Å². The quantitative estimate of drug-likeness (QED) is 0.910. The molecule has 3 heterocycles. The second-order valence-electron chi connectivity index (χ2n) is 6.68. The van der Waals surface area contributed by atoms with Gasteiger partial charge in [-0.1, -0.05) is 13.8 Å². The highest BCUT2D eigenvalue weighted by molar-refractivity contribution is 5.89. The Morgan fingerprint density at radius 3 is 3.05 bits per heavy atom. The van der Waals surface area contributed by atoms with Crippen LogP contribution < -0.4 is 10.6 Å². The van der Waals surface area contributed by atoms with Crippen LogP contribution in [0.2, 0.25) is 0 Å². The lowest BCUT2D eigenvalue weighted by atomic mass is 9.93. The third-order valence-electron chi connectivity index (χ3n) is 4.13. The minimum absolute atomic E-state index is 0.172. The molecule has 1 aliphatic heterocycles. The number of hydrogen-bond acceptors (Lipinski definition) is 3. The van der Waals surface area contributed by atoms with Gasteiger partial charge >= 0.3 is 6.03 Å². The molecule has 1 saturated heterocycles. The SMILES string of the molecule is CC1(C)CCN(CCNC(=O)Nc2ccn3ccnc3c2)C1. The molecule has 0 aliphatic carbocycles. The molecule has 0 unspecified atom stereocenters. The number of nitrogens with one attached hydrogen (secondary N) is 2. The lowest BCUT2D eigenvalue weighted by Gasteiger charge is -2.19. The van der Waals surface area contributed by atoms with E-state index in [2.05, 4.69) is 34.4 Å². The molecule has 2 N–H and O–H groups in total. The molecule has 0 aromatic carbocycles. The van der Waals surface area contributed by atoms with Crippen LogP contribution in [0.3, 0.4) is 0 Å². The van der Waals surface area contributed by atoms with E-state index < -0.39 is 0 Å². The number of hydrogen-bond donors (Lipinski definition) is 2. The summed E-state index contributed by atoms with van der Waals surface area (Å²) in [4.78, 5) is 18.5. The average molecular weight is 301 g/mol. The highest BCUT2D eigenvalue weighted by Crippen LogP contribution is 2.28. The zero-order chi connectivity index (χ0) is 15.6. The van der Waals surface area contributed by atoms with E-state index in [1.54, 1.807) is 6.20 Å². The predicted molar refractivity (Wildman–Crippen MR) is 87.1 cm³/mol. The van der Waals surface area contributed by atoms with Gasteiger partial charge in [0.15, 0.2) is 0 Å². The van der Waals surface area contributed by atoms with E-state index in [1.165, 1.54) is 6.42 Å². The van der Waals surface area contributed by atoms with E-state index in [1.807, 2.05) is 28.9 Å². The molecule has 6 heteroatoms. The summed E-state index contributed by atoms with van der Waals surface area (Å²) in [6.45, 7) is 8.36. The lowest BCUT2D eigenvalue weighted by Crippen LogP contribution is -2.36. The highest BCUT2D eigenvalue weighted by Gasteiger charge is 2.28. The zero-order valence-electron chi connectivity index (χ0n) is 13.2. The van der Waals surface area contributed by atoms with Crippen LogP contribution in [0.1, 0.15) is 20.3 Å². The van der Waals surface area contributed by atoms with E-state index in [-0.39, 0.29) is 6.03 Å². The Balaban J connectivity index is 1.44. The van der Waals surface area contributed by atoms with Crippen molar-refractivity contribution in [3.63, 3.8) is 0 Å². The minimum atomic E-state index is -0.172. The molecular formula is C16H23N5O. The number of fused-ring (bicyclic) bond motifs is 1. The molecule has 6 nitrogen and oxygen atoms in total. The average Bonchev–Trinajstić information content (AvgIpc) is 3.04. The molecule has 1 aliphatic rings. The van der Waals surface area contributed by atoms with Crippen molar-refractivity contribution >= 4 is 17.4 Å². The van der Waals surface area contributed by atoms with Crippen molar-refractivity contribution in [3.05, 3.63) is 30.7 Å². The van der Waals surface area contributed by atoms with Crippen LogP contribution >= 0.6 is 0 Å². The Hall–Kier alpha value is -2.08. The Morgan fingerprint density at radius 1 is 1.41 bits per heavy atom. The molecule has 3 rings (SSSR count). The number of amides is 2. The summed E-state index contributed by atoms with van der Waals surface area (Å²) in [7, 11) is 0. The molecule has 1 fully saturated rings. The van der Waals surface area contributed by atoms with Gasteiger partial charge in [-0.05, 0) is 24.4 Å². The van der Waals surface area contributed by atoms with E-state index in [9.17, 15) is 4.79 Å². The number of anilines is 1. The Kier molecular flexibility index (Phi) is 4.02. The van der Waals surface area contributed by atoms with Gasteiger partial charge in [0.1, 0.15) is 5.65 Å². The first-order chi connectivity index (χ1) is 10.5. The second-order valence-corrected chi connectivity index (χ2v) is 6.68. The first kappa shape index (κ1) is 14.8. The number of rotatable bonds is 4. The first-order valence-corrected chi connectivity index (χ1v) is 7.72. The van der Waals surface area contributed by atoms with Crippen LogP contribution in [0.5, 0.6) is 0 Å². The van der Waals surface area contributed by atoms with E-state index in [0.29, 0.717) is 12.0 Å². The van der Waals surface area contributed by atoms with Gasteiger partial charge in [0, 0.05) is 50.0 Å². The molecule has 0 atom stereocenters. The van der Waals surface area contributed by atoms with Gasteiger partial charge in [-0.3, -0.25) is 0 Å². The number of aromatic nitrogens is 2. The van der Waals surface area contributed by atoms with Gasteiger partial charge in [0.2, 0.25) is 0 Å². The smallest absolute Gasteiger partial charge is 0.319 e. The maximum Gasteiger partial charge on any atom is 0.319 e. The van der Waals surface area contributed by atoms with Crippen LogP contribution in [-0.4, -0.2) is 46.5 Å². The number of pyridine rings is 1. The molecule has 0 saturated carbocycles. The van der Waals surface area contributed by atoms with Crippen molar-refractivity contribution in [2.75, 3.05) is 31.5 Å². The number of carbonyl (C=O) groups is 1. The van der Waals surface area contributed by atoms with Crippen molar-refractivity contribution < 1.29 is 4.79 Å². The number of likely N-dealkylation sites (tertiary alicyclic amines) is 1. The summed E-state index contributed by atoms with van der Waals surface area (Å²) in [6, 6.07) is 3.54. The Bertz CT molecular complexity index is 663. The fraction of sp³-hybridized carbons (Fsp3) is 0.500. The summed E-state index contributed by atoms with van der Waals surface area (Å²) < 4.78 is 1.90. The summed E-state index contributed by atoms with van der Waals surface area (Å²) in [5, 5.41) is 5.75. The largest absolute Gasteiger partial charge is 0.337 e. The van der Waals surface area contributed by atoms with Gasteiger partial charge in [-0.15, -0.1) is 0 Å². The maximum absolute atomic E-state index is 11.9. The summed E-state index contributed by atoms with van der Waals surface area (Å²) in [6.07, 6.45) is 6.71. The van der Waals surface area contributed by atoms with Crippen LogP contribution in [0.15, 0.2) is 30.7 Å². The van der Waals surface area contributed by atoms with Crippen LogP contribution in [0.4, 0.5) is 10.5 Å². The zero-order valence-corrected chi connectivity index (χ0v) is 13.2. The summed E-state index contributed by atoms with van der Waals surface area (Å²) in [5.74, 6) is 0. The van der Waals surface area contributed by atoms with Gasteiger partial charge in [0.05, 0.1) is 0 Å². The molecular weight excluding hydrogens is 278 g/mol. The number of imidazole rings is 1. The molecule has 2 aromatic rings. The fourth-order valence-corrected chi connectivity index (χ4v) is 2.91. The number of urea groups is 1. The second kappa shape index (κ2) is 5.96. The highest BCUT2D eigenvalue weighted by atomic mass is 16.2. The number of carbonyl (C=O) groups excluding carboxylic acids is 1. The van der Waals surface area contributed by atoms with Crippen molar-refractivity contribution in [3.8, 4) is 0 Å². The summed E-state index contributed by atoms with van der Waals surface area (Å²) >= 11 is 0. The normalized spacial score (nSPS) is 17.7. The molecule has 2 amide bonds. The fourth-order valence-electron chi connectivity index (χ4n) is 2.91. The van der Waals surface area contributed by atoms with Crippen molar-refractivity contribution in [1.82, 2.24) is 19.6 Å². The molecule has 2 aromatic heterocycles. The van der Waals surface area contributed by atoms with Crippen molar-refractivity contribution in [2.45, 2.75) is 20.3 Å². The van der Waals surface area contributed by atoms with Crippen molar-refractivity contribution in [2.24, 2.45) is 5.41 Å². The first-order valence-electron chi connectivity index (χ1n) is 7.72. The predicted octanol–water partition coefficient (Wildman–Crippen LogP) is 2.19. The number of nitrogens with zero attached hydrogens (tertiary/aromatic N) is 3. The van der Waals surface area contributed by atoms with E-state index in [4.69, 9.17) is 0 Å². The molecule has 118 valence electrons. The maximum atomic E-state index is 11.9. The Labute approximate surface area is 130 Å². The van der Waals surface area contributed by atoms with Crippen molar-refractivity contribution in [1.29, 1.82) is 0 Å². The monoisotopic (exact) mass is 301 g/mol. The summed E-state index contributed by atoms with van der Waals surface area (Å²) in [5.41, 5.74) is 1.97. The third-order valence-corrected chi connectivity index (χ3v) is 4.13. The van der Waals surface area contributed by atoms with Gasteiger partial charge < -0.3 is 19.9 Å². The minimum Gasteiger partial charge on any atom is -0.337 e. The van der Waals surface area contributed by atoms with E-state index >= 15 is 0 Å². The standard InChI is InChI=1S/C16H23N5O/c1-16(2)4-8-20(12-16)9-5-18-15(22)19-13-3-7-21-10-6-17-14(21)11-13/h3,6-7,10-11H,4-5,8-9,12H2,1-2H3,(H2,18,19,22). The van der Waals surface area contributed by atoms with E-state index in [0.717, 1.165) is 31.0 Å². The molecule has 0 spiro atoms. The molecule has 0 radical (unpaired) electrons. The van der Waals surface area contributed by atoms with Gasteiger partial charge in [0.25, 0.3) is 0 Å². The Morgan fingerprint density at radius 2 is 2.27 bits per heavy atom. The van der Waals surface area contributed by atoms with Crippen LogP contribution in [0, 0.1) is 5.41 Å². The lowest BCUT2D eigenvalue weighted by molar-refractivity contribution is 0.247. The van der Waals surface area contributed by atoms with Crippen LogP contribution in [-0.2, 0) is 0 Å². The van der Waals surface area contributed by atoms with Gasteiger partial charge in [-0.2, -0.15) is 0 Å². The van der Waals surface area contributed by atoms with Gasteiger partial charge in [-0.25, -0.2) is 9.78 Å². The molecule has 0 bridgehead atoms. The topological polar surface area (TPSA) is 61.7 Å². The third kappa shape index (κ3) is 3.57. The molecule has 22 heavy (non-hydrogen) atoms.